The number of nitrogens with zero attached hydrogens (tertiary/aromatic N) is 2. The van der Waals surface area contributed by atoms with Crippen molar-refractivity contribution in [1.29, 1.82) is 0 Å². The second-order valence-corrected chi connectivity index (χ2v) is 8.08. The maximum Gasteiger partial charge on any atom is 0.254 e. The lowest BCUT2D eigenvalue weighted by molar-refractivity contribution is 0.0940. The molecule has 1 saturated heterocycles. The molecule has 0 spiro atoms. The summed E-state index contributed by atoms with van der Waals surface area (Å²) in [6.45, 7) is 0.422. The topological polar surface area (TPSA) is 101 Å². The van der Waals surface area contributed by atoms with E-state index in [4.69, 9.17) is 0 Å². The zero-order valence-corrected chi connectivity index (χ0v) is 14.1. The van der Waals surface area contributed by atoms with Crippen molar-refractivity contribution in [1.82, 2.24) is 15.3 Å². The SMILES string of the molecule is O=C(NC1CCS(=O)(=O)C1)c1cnc(NCc2ccc(F)cc2)nc1. The molecule has 1 atom stereocenters. The van der Waals surface area contributed by atoms with Gasteiger partial charge >= 0.3 is 0 Å². The summed E-state index contributed by atoms with van der Waals surface area (Å²) in [6, 6.07) is 5.68. The monoisotopic (exact) mass is 364 g/mol. The van der Waals surface area contributed by atoms with Crippen LogP contribution >= 0.6 is 0 Å². The minimum Gasteiger partial charge on any atom is -0.350 e. The molecule has 1 aromatic heterocycles. The van der Waals surface area contributed by atoms with Crippen LogP contribution in [0.15, 0.2) is 36.7 Å². The van der Waals surface area contributed by atoms with Gasteiger partial charge in [0.1, 0.15) is 5.82 Å². The van der Waals surface area contributed by atoms with Gasteiger partial charge < -0.3 is 10.6 Å². The van der Waals surface area contributed by atoms with E-state index in [1.54, 1.807) is 12.1 Å². The van der Waals surface area contributed by atoms with E-state index in [1.807, 2.05) is 0 Å². The van der Waals surface area contributed by atoms with Gasteiger partial charge in [-0.1, -0.05) is 12.1 Å². The summed E-state index contributed by atoms with van der Waals surface area (Å²) in [4.78, 5) is 20.2. The van der Waals surface area contributed by atoms with E-state index >= 15 is 0 Å². The van der Waals surface area contributed by atoms with Gasteiger partial charge in [0, 0.05) is 25.0 Å². The van der Waals surface area contributed by atoms with E-state index in [0.29, 0.717) is 18.9 Å². The third kappa shape index (κ3) is 4.72. The molecule has 2 N–H and O–H groups in total. The van der Waals surface area contributed by atoms with Crippen molar-refractivity contribution in [3.8, 4) is 0 Å². The van der Waals surface area contributed by atoms with Gasteiger partial charge in [0.05, 0.1) is 17.1 Å². The summed E-state index contributed by atoms with van der Waals surface area (Å²) in [6.07, 6.45) is 3.17. The highest BCUT2D eigenvalue weighted by Crippen LogP contribution is 2.12. The van der Waals surface area contributed by atoms with Gasteiger partial charge in [-0.05, 0) is 24.1 Å². The lowest BCUT2D eigenvalue weighted by Gasteiger charge is -2.10. The van der Waals surface area contributed by atoms with E-state index < -0.39 is 15.7 Å². The zero-order chi connectivity index (χ0) is 17.9. The van der Waals surface area contributed by atoms with Crippen LogP contribution in [0.5, 0.6) is 0 Å². The molecule has 132 valence electrons. The largest absolute Gasteiger partial charge is 0.350 e. The normalized spacial score (nSPS) is 18.7. The van der Waals surface area contributed by atoms with Crippen LogP contribution in [-0.4, -0.2) is 41.8 Å². The molecule has 9 heteroatoms. The number of halogens is 1. The Hall–Kier alpha value is -2.55. The molecule has 0 radical (unpaired) electrons. The number of hydrogen-bond donors (Lipinski definition) is 2. The third-order valence-corrected chi connectivity index (χ3v) is 5.61. The predicted molar refractivity (Wildman–Crippen MR) is 90.3 cm³/mol. The van der Waals surface area contributed by atoms with Crippen molar-refractivity contribution < 1.29 is 17.6 Å². The third-order valence-electron chi connectivity index (χ3n) is 3.85. The molecule has 1 fully saturated rings. The fourth-order valence-corrected chi connectivity index (χ4v) is 4.17. The Morgan fingerprint density at radius 1 is 1.20 bits per heavy atom. The van der Waals surface area contributed by atoms with Crippen LogP contribution in [0.4, 0.5) is 10.3 Å². The molecule has 2 aromatic rings. The molecule has 1 aliphatic rings. The molecule has 25 heavy (non-hydrogen) atoms. The van der Waals surface area contributed by atoms with E-state index in [2.05, 4.69) is 20.6 Å². The summed E-state index contributed by atoms with van der Waals surface area (Å²) < 4.78 is 35.7. The molecular formula is C16H17FN4O3S. The van der Waals surface area contributed by atoms with Crippen molar-refractivity contribution >= 4 is 21.7 Å². The second-order valence-electron chi connectivity index (χ2n) is 5.85. The van der Waals surface area contributed by atoms with Crippen LogP contribution < -0.4 is 10.6 Å². The molecule has 0 aliphatic carbocycles. The summed E-state index contributed by atoms with van der Waals surface area (Å²) in [7, 11) is -3.05. The highest BCUT2D eigenvalue weighted by atomic mass is 32.2. The lowest BCUT2D eigenvalue weighted by atomic mass is 10.2. The Morgan fingerprint density at radius 3 is 2.48 bits per heavy atom. The van der Waals surface area contributed by atoms with Gasteiger partial charge in [0.15, 0.2) is 9.84 Å². The van der Waals surface area contributed by atoms with Gasteiger partial charge in [0.25, 0.3) is 5.91 Å². The average molecular weight is 364 g/mol. The van der Waals surface area contributed by atoms with Crippen LogP contribution in [0.3, 0.4) is 0 Å². The first-order valence-corrected chi connectivity index (χ1v) is 9.55. The number of hydrogen-bond acceptors (Lipinski definition) is 6. The molecule has 0 bridgehead atoms. The molecule has 2 heterocycles. The van der Waals surface area contributed by atoms with Gasteiger partial charge in [0.2, 0.25) is 5.95 Å². The lowest BCUT2D eigenvalue weighted by Crippen LogP contribution is -2.35. The summed E-state index contributed by atoms with van der Waals surface area (Å²) >= 11 is 0. The predicted octanol–water partition coefficient (Wildman–Crippen LogP) is 1.14. The number of anilines is 1. The van der Waals surface area contributed by atoms with E-state index in [-0.39, 0.29) is 28.9 Å². The number of carbonyl (C=O) groups excluding carboxylic acids is 1. The molecule has 7 nitrogen and oxygen atoms in total. The number of sulfone groups is 1. The van der Waals surface area contributed by atoms with Gasteiger partial charge in [-0.3, -0.25) is 4.79 Å². The minimum absolute atomic E-state index is 0.0308. The van der Waals surface area contributed by atoms with Gasteiger partial charge in [-0.15, -0.1) is 0 Å². The fourth-order valence-electron chi connectivity index (χ4n) is 2.50. The average Bonchev–Trinajstić information content (AvgIpc) is 2.93. The van der Waals surface area contributed by atoms with Crippen molar-refractivity contribution in [2.45, 2.75) is 19.0 Å². The number of aromatic nitrogens is 2. The molecule has 1 aromatic carbocycles. The quantitative estimate of drug-likeness (QED) is 0.825. The van der Waals surface area contributed by atoms with Crippen molar-refractivity contribution in [3.05, 3.63) is 53.6 Å². The summed E-state index contributed by atoms with van der Waals surface area (Å²) in [5.41, 5.74) is 1.13. The van der Waals surface area contributed by atoms with Crippen LogP contribution in [0.2, 0.25) is 0 Å². The Bertz CT molecular complexity index is 854. The van der Waals surface area contributed by atoms with Crippen molar-refractivity contribution in [2.24, 2.45) is 0 Å². The maximum atomic E-state index is 12.8. The molecule has 1 amide bonds. The number of rotatable bonds is 5. The Morgan fingerprint density at radius 2 is 1.88 bits per heavy atom. The molecule has 1 aliphatic heterocycles. The Kier molecular flexibility index (Phi) is 4.93. The highest BCUT2D eigenvalue weighted by Gasteiger charge is 2.29. The molecule has 3 rings (SSSR count). The smallest absolute Gasteiger partial charge is 0.254 e. The maximum absolute atomic E-state index is 12.8. The van der Waals surface area contributed by atoms with Crippen molar-refractivity contribution in [3.63, 3.8) is 0 Å². The first kappa shape index (κ1) is 17.3. The zero-order valence-electron chi connectivity index (χ0n) is 13.3. The van der Waals surface area contributed by atoms with Gasteiger partial charge in [-0.2, -0.15) is 0 Å². The van der Waals surface area contributed by atoms with Crippen LogP contribution in [0.25, 0.3) is 0 Å². The molecule has 0 saturated carbocycles. The standard InChI is InChI=1S/C16H17FN4O3S/c17-13-3-1-11(2-4-13)7-18-16-19-8-12(9-20-16)15(22)21-14-5-6-25(23,24)10-14/h1-4,8-9,14H,5-7,10H2,(H,21,22)(H,18,19,20). The number of nitrogens with one attached hydrogen (secondary N) is 2. The van der Waals surface area contributed by atoms with Crippen LogP contribution in [0.1, 0.15) is 22.3 Å². The van der Waals surface area contributed by atoms with Crippen LogP contribution in [0, 0.1) is 5.82 Å². The molecule has 1 unspecified atom stereocenters. The minimum atomic E-state index is -3.05. The Labute approximate surface area is 144 Å². The van der Waals surface area contributed by atoms with Gasteiger partial charge in [-0.25, -0.2) is 22.8 Å². The highest BCUT2D eigenvalue weighted by molar-refractivity contribution is 7.91. The second kappa shape index (κ2) is 7.14. The molecular weight excluding hydrogens is 347 g/mol. The Balaban J connectivity index is 1.54. The number of amides is 1. The number of benzene rings is 1. The first-order valence-electron chi connectivity index (χ1n) is 7.73. The first-order chi connectivity index (χ1) is 11.9. The van der Waals surface area contributed by atoms with Crippen molar-refractivity contribution in [2.75, 3.05) is 16.8 Å². The van der Waals surface area contributed by atoms with E-state index in [0.717, 1.165) is 5.56 Å². The summed E-state index contributed by atoms with van der Waals surface area (Å²) in [5.74, 6) is -0.292. The fraction of sp³-hybridized carbons (Fsp3) is 0.312. The number of carbonyl (C=O) groups is 1. The van der Waals surface area contributed by atoms with Crippen LogP contribution in [-0.2, 0) is 16.4 Å². The summed E-state index contributed by atoms with van der Waals surface area (Å²) in [5, 5.41) is 5.65. The van der Waals surface area contributed by atoms with E-state index in [1.165, 1.54) is 24.5 Å². The van der Waals surface area contributed by atoms with E-state index in [9.17, 15) is 17.6 Å².